The molecule has 2 unspecified atom stereocenters. The second-order valence-corrected chi connectivity index (χ2v) is 5.23. The fraction of sp³-hybridized carbons (Fsp3) is 0.800. The molecule has 1 aliphatic rings. The standard InChI is InChI=1S/C15H27NO4/c1-5-7-8-9-19-15-13(16-11(4)17)14(18)10(3)12(6-2)20-15/h12-15,18H,3,5-9H2,1-2,4H3,(H,16,17)/t12-,13?,14?,15-/m1/s1. The molecule has 0 aromatic rings. The van der Waals surface area contributed by atoms with Crippen LogP contribution in [-0.4, -0.2) is 42.2 Å². The maximum absolute atomic E-state index is 11.3. The summed E-state index contributed by atoms with van der Waals surface area (Å²) in [6, 6.07) is -0.593. The van der Waals surface area contributed by atoms with Crippen LogP contribution in [0.2, 0.25) is 0 Å². The maximum Gasteiger partial charge on any atom is 0.217 e. The molecule has 0 saturated carbocycles. The summed E-state index contributed by atoms with van der Waals surface area (Å²) in [5, 5.41) is 13.0. The quantitative estimate of drug-likeness (QED) is 0.552. The number of ether oxygens (including phenoxy) is 2. The van der Waals surface area contributed by atoms with E-state index in [9.17, 15) is 9.90 Å². The van der Waals surface area contributed by atoms with Crippen molar-refractivity contribution in [1.82, 2.24) is 5.32 Å². The van der Waals surface area contributed by atoms with Gasteiger partial charge in [-0.15, -0.1) is 0 Å². The van der Waals surface area contributed by atoms with Gasteiger partial charge in [-0.05, 0) is 18.4 Å². The van der Waals surface area contributed by atoms with E-state index in [0.717, 1.165) is 25.7 Å². The Morgan fingerprint density at radius 1 is 1.45 bits per heavy atom. The van der Waals surface area contributed by atoms with E-state index < -0.39 is 18.4 Å². The van der Waals surface area contributed by atoms with Gasteiger partial charge >= 0.3 is 0 Å². The summed E-state index contributed by atoms with van der Waals surface area (Å²) in [6.07, 6.45) is 2.17. The SMILES string of the molecule is C=C1C(O)C(NC(C)=O)[C@H](OCCCCC)O[C@@H]1CC. The van der Waals surface area contributed by atoms with E-state index in [1.165, 1.54) is 6.92 Å². The zero-order valence-electron chi connectivity index (χ0n) is 12.7. The molecule has 1 saturated heterocycles. The van der Waals surface area contributed by atoms with Crippen molar-refractivity contribution in [3.8, 4) is 0 Å². The Morgan fingerprint density at radius 3 is 2.70 bits per heavy atom. The van der Waals surface area contributed by atoms with Gasteiger partial charge < -0.3 is 19.9 Å². The largest absolute Gasteiger partial charge is 0.386 e. The molecule has 0 aliphatic carbocycles. The number of amides is 1. The minimum Gasteiger partial charge on any atom is -0.386 e. The average molecular weight is 285 g/mol. The summed E-state index contributed by atoms with van der Waals surface area (Å²) in [6.45, 7) is 9.93. The van der Waals surface area contributed by atoms with Crippen molar-refractivity contribution in [3.05, 3.63) is 12.2 Å². The third kappa shape index (κ3) is 4.58. The van der Waals surface area contributed by atoms with Crippen molar-refractivity contribution in [1.29, 1.82) is 0 Å². The monoisotopic (exact) mass is 285 g/mol. The molecular formula is C15H27NO4. The topological polar surface area (TPSA) is 67.8 Å². The van der Waals surface area contributed by atoms with Gasteiger partial charge in [-0.1, -0.05) is 33.3 Å². The normalized spacial score (nSPS) is 30.3. The van der Waals surface area contributed by atoms with Gasteiger partial charge in [-0.25, -0.2) is 0 Å². The van der Waals surface area contributed by atoms with E-state index in [-0.39, 0.29) is 12.0 Å². The lowest BCUT2D eigenvalue weighted by Crippen LogP contribution is -2.58. The molecule has 1 amide bonds. The van der Waals surface area contributed by atoms with Gasteiger partial charge in [-0.2, -0.15) is 0 Å². The van der Waals surface area contributed by atoms with E-state index in [1.807, 2.05) is 6.92 Å². The molecule has 4 atom stereocenters. The highest BCUT2D eigenvalue weighted by atomic mass is 16.7. The van der Waals surface area contributed by atoms with Gasteiger partial charge in [0.15, 0.2) is 6.29 Å². The lowest BCUT2D eigenvalue weighted by Gasteiger charge is -2.41. The van der Waals surface area contributed by atoms with Crippen LogP contribution in [-0.2, 0) is 14.3 Å². The van der Waals surface area contributed by atoms with Crippen LogP contribution >= 0.6 is 0 Å². The first-order valence-electron chi connectivity index (χ1n) is 7.42. The predicted molar refractivity (Wildman–Crippen MR) is 77.2 cm³/mol. The molecule has 2 N–H and O–H groups in total. The Bertz CT molecular complexity index is 332. The molecule has 1 aliphatic heterocycles. The summed E-state index contributed by atoms with van der Waals surface area (Å²) in [4.78, 5) is 11.3. The third-order valence-corrected chi connectivity index (χ3v) is 3.50. The molecule has 0 aromatic heterocycles. The highest BCUT2D eigenvalue weighted by Gasteiger charge is 2.40. The van der Waals surface area contributed by atoms with Gasteiger partial charge in [0.05, 0.1) is 6.10 Å². The fourth-order valence-corrected chi connectivity index (χ4v) is 2.34. The van der Waals surface area contributed by atoms with Crippen LogP contribution in [0.1, 0.15) is 46.5 Å². The molecule has 5 nitrogen and oxygen atoms in total. The number of carbonyl (C=O) groups is 1. The van der Waals surface area contributed by atoms with Crippen molar-refractivity contribution < 1.29 is 19.4 Å². The van der Waals surface area contributed by atoms with Crippen LogP contribution in [0.15, 0.2) is 12.2 Å². The van der Waals surface area contributed by atoms with Gasteiger partial charge in [0, 0.05) is 13.5 Å². The number of unbranched alkanes of at least 4 members (excludes halogenated alkanes) is 2. The van der Waals surface area contributed by atoms with Gasteiger partial charge in [0.25, 0.3) is 0 Å². The molecule has 5 heteroatoms. The molecule has 1 heterocycles. The van der Waals surface area contributed by atoms with E-state index in [2.05, 4.69) is 18.8 Å². The lowest BCUT2D eigenvalue weighted by molar-refractivity contribution is -0.211. The van der Waals surface area contributed by atoms with Gasteiger partial charge in [0.1, 0.15) is 12.1 Å². The van der Waals surface area contributed by atoms with Crippen LogP contribution in [0.25, 0.3) is 0 Å². The molecule has 0 spiro atoms. The highest BCUT2D eigenvalue weighted by Crippen LogP contribution is 2.27. The zero-order chi connectivity index (χ0) is 15.1. The summed E-state index contributed by atoms with van der Waals surface area (Å²) >= 11 is 0. The van der Waals surface area contributed by atoms with Crippen molar-refractivity contribution in [3.63, 3.8) is 0 Å². The van der Waals surface area contributed by atoms with Crippen LogP contribution in [0.4, 0.5) is 0 Å². The summed E-state index contributed by atoms with van der Waals surface area (Å²) in [5.41, 5.74) is 0.597. The van der Waals surface area contributed by atoms with Crippen LogP contribution in [0, 0.1) is 0 Å². The molecule has 1 fully saturated rings. The van der Waals surface area contributed by atoms with E-state index in [1.54, 1.807) is 0 Å². The second kappa shape index (κ2) is 8.39. The average Bonchev–Trinajstić information content (AvgIpc) is 2.41. The summed E-state index contributed by atoms with van der Waals surface area (Å²) in [5.74, 6) is -0.220. The van der Waals surface area contributed by atoms with E-state index >= 15 is 0 Å². The minimum atomic E-state index is -0.839. The molecule has 0 aromatic carbocycles. The van der Waals surface area contributed by atoms with Crippen molar-refractivity contribution in [2.75, 3.05) is 6.61 Å². The smallest absolute Gasteiger partial charge is 0.217 e. The summed E-state index contributed by atoms with van der Waals surface area (Å²) in [7, 11) is 0. The van der Waals surface area contributed by atoms with E-state index in [4.69, 9.17) is 9.47 Å². The number of aliphatic hydroxyl groups is 1. The fourth-order valence-electron chi connectivity index (χ4n) is 2.34. The number of nitrogens with one attached hydrogen (secondary N) is 1. The first kappa shape index (κ1) is 17.1. The van der Waals surface area contributed by atoms with Crippen LogP contribution in [0.3, 0.4) is 0 Å². The highest BCUT2D eigenvalue weighted by molar-refractivity contribution is 5.73. The number of hydrogen-bond acceptors (Lipinski definition) is 4. The van der Waals surface area contributed by atoms with Gasteiger partial charge in [-0.3, -0.25) is 4.79 Å². The first-order valence-corrected chi connectivity index (χ1v) is 7.42. The Hall–Kier alpha value is -0.910. The number of aliphatic hydroxyl groups excluding tert-OH is 1. The van der Waals surface area contributed by atoms with E-state index in [0.29, 0.717) is 12.2 Å². The molecule has 0 radical (unpaired) electrons. The lowest BCUT2D eigenvalue weighted by atomic mass is 9.93. The second-order valence-electron chi connectivity index (χ2n) is 5.23. The predicted octanol–water partition coefficient (Wildman–Crippen LogP) is 1.75. The van der Waals surface area contributed by atoms with Crippen molar-refractivity contribution in [2.24, 2.45) is 0 Å². The number of hydrogen-bond donors (Lipinski definition) is 2. The molecular weight excluding hydrogens is 258 g/mol. The Balaban J connectivity index is 2.67. The van der Waals surface area contributed by atoms with Gasteiger partial charge in [0.2, 0.25) is 5.91 Å². The Labute approximate surface area is 121 Å². The molecule has 116 valence electrons. The van der Waals surface area contributed by atoms with Crippen molar-refractivity contribution in [2.45, 2.75) is 71.0 Å². The molecule has 0 bridgehead atoms. The molecule has 20 heavy (non-hydrogen) atoms. The number of rotatable bonds is 7. The van der Waals surface area contributed by atoms with Crippen LogP contribution in [0.5, 0.6) is 0 Å². The Kier molecular flexibility index (Phi) is 7.19. The minimum absolute atomic E-state index is 0.220. The van der Waals surface area contributed by atoms with Crippen LogP contribution < -0.4 is 5.32 Å². The third-order valence-electron chi connectivity index (χ3n) is 3.50. The Morgan fingerprint density at radius 2 is 2.15 bits per heavy atom. The first-order chi connectivity index (χ1) is 9.51. The zero-order valence-corrected chi connectivity index (χ0v) is 12.7. The maximum atomic E-state index is 11.3. The van der Waals surface area contributed by atoms with Crippen molar-refractivity contribution >= 4 is 5.91 Å². The number of carbonyl (C=O) groups excluding carboxylic acids is 1. The molecule has 1 rings (SSSR count). The summed E-state index contributed by atoms with van der Waals surface area (Å²) < 4.78 is 11.5.